The van der Waals surface area contributed by atoms with E-state index in [0.29, 0.717) is 29.4 Å². The van der Waals surface area contributed by atoms with Crippen molar-refractivity contribution in [1.29, 1.82) is 0 Å². The molecule has 38 heavy (non-hydrogen) atoms. The summed E-state index contributed by atoms with van der Waals surface area (Å²) in [4.78, 5) is 11.7. The van der Waals surface area contributed by atoms with Crippen LogP contribution in [0.3, 0.4) is 0 Å². The number of hydrogen-bond acceptors (Lipinski definition) is 4. The van der Waals surface area contributed by atoms with E-state index in [2.05, 4.69) is 28.8 Å². The van der Waals surface area contributed by atoms with Crippen molar-refractivity contribution in [2.45, 2.75) is 19.1 Å². The molecule has 5 nitrogen and oxygen atoms in total. The average Bonchev–Trinajstić information content (AvgIpc) is 3.26. The van der Waals surface area contributed by atoms with Crippen molar-refractivity contribution in [3.8, 4) is 5.75 Å². The Morgan fingerprint density at radius 1 is 0.895 bits per heavy atom. The van der Waals surface area contributed by atoms with Crippen molar-refractivity contribution >= 4 is 28.5 Å². The number of aromatic nitrogens is 1. The fourth-order valence-corrected chi connectivity index (χ4v) is 5.16. The van der Waals surface area contributed by atoms with E-state index in [1.807, 2.05) is 54.6 Å². The minimum Gasteiger partial charge on any atom is -0.493 e. The van der Waals surface area contributed by atoms with Crippen molar-refractivity contribution in [2.75, 3.05) is 13.7 Å². The number of carbonyl (C=O) groups excluding carboxylic acids is 1. The van der Waals surface area contributed by atoms with E-state index in [-0.39, 0.29) is 18.6 Å². The van der Waals surface area contributed by atoms with E-state index in [1.54, 1.807) is 24.3 Å². The molecule has 1 aromatic heterocycles. The van der Waals surface area contributed by atoms with Gasteiger partial charge in [-0.25, -0.2) is 4.79 Å². The number of esters is 1. The van der Waals surface area contributed by atoms with Gasteiger partial charge in [-0.1, -0.05) is 72.3 Å². The molecule has 0 unspecified atom stereocenters. The van der Waals surface area contributed by atoms with Crippen molar-refractivity contribution in [3.05, 3.63) is 136 Å². The second-order valence-corrected chi connectivity index (χ2v) is 9.39. The molecule has 0 fully saturated rings. The van der Waals surface area contributed by atoms with Crippen molar-refractivity contribution in [1.82, 2.24) is 4.57 Å². The summed E-state index contributed by atoms with van der Waals surface area (Å²) in [7, 11) is 1.36. The van der Waals surface area contributed by atoms with E-state index in [4.69, 9.17) is 21.1 Å². The molecule has 0 bridgehead atoms. The van der Waals surface area contributed by atoms with Crippen LogP contribution in [-0.4, -0.2) is 29.4 Å². The van der Waals surface area contributed by atoms with Gasteiger partial charge in [-0.2, -0.15) is 0 Å². The van der Waals surface area contributed by atoms with Gasteiger partial charge in [-0.15, -0.1) is 0 Å². The summed E-state index contributed by atoms with van der Waals surface area (Å²) in [6, 6.07) is 33.2. The maximum absolute atomic E-state index is 11.7. The molecule has 0 spiro atoms. The van der Waals surface area contributed by atoms with E-state index in [9.17, 15) is 9.90 Å². The number of halogens is 1. The Morgan fingerprint density at radius 2 is 1.53 bits per heavy atom. The number of fused-ring (bicyclic) bond motifs is 1. The molecule has 5 aromatic rings. The molecule has 0 saturated carbocycles. The van der Waals surface area contributed by atoms with E-state index in [1.165, 1.54) is 7.11 Å². The third-order valence-corrected chi connectivity index (χ3v) is 6.95. The van der Waals surface area contributed by atoms with Crippen molar-refractivity contribution in [3.63, 3.8) is 0 Å². The monoisotopic (exact) mass is 525 g/mol. The molecule has 0 aliphatic heterocycles. The lowest BCUT2D eigenvalue weighted by Crippen LogP contribution is -2.16. The highest BCUT2D eigenvalue weighted by atomic mass is 35.5. The third-order valence-electron chi connectivity index (χ3n) is 6.72. The van der Waals surface area contributed by atoms with E-state index >= 15 is 0 Å². The molecule has 1 N–H and O–H groups in total. The quantitative estimate of drug-likeness (QED) is 0.214. The number of ether oxygens (including phenoxy) is 2. The lowest BCUT2D eigenvalue weighted by atomic mass is 9.98. The molecule has 192 valence electrons. The van der Waals surface area contributed by atoms with Crippen LogP contribution < -0.4 is 4.74 Å². The van der Waals surface area contributed by atoms with Crippen LogP contribution >= 0.6 is 11.6 Å². The van der Waals surface area contributed by atoms with Gasteiger partial charge in [0.1, 0.15) is 5.75 Å². The smallest absolute Gasteiger partial charge is 0.337 e. The Morgan fingerprint density at radius 3 is 2.11 bits per heavy atom. The minimum absolute atomic E-state index is 0.133. The molecule has 4 aromatic carbocycles. The highest BCUT2D eigenvalue weighted by molar-refractivity contribution is 6.31. The van der Waals surface area contributed by atoms with Crippen molar-refractivity contribution < 1.29 is 19.4 Å². The number of aliphatic hydroxyl groups is 1. The van der Waals surface area contributed by atoms with Crippen LogP contribution in [-0.2, 0) is 17.8 Å². The first-order valence-electron chi connectivity index (χ1n) is 12.4. The van der Waals surface area contributed by atoms with Crippen LogP contribution in [0.5, 0.6) is 5.75 Å². The van der Waals surface area contributed by atoms with Gasteiger partial charge in [0.2, 0.25) is 0 Å². The van der Waals surface area contributed by atoms with Gasteiger partial charge in [0, 0.05) is 28.0 Å². The van der Waals surface area contributed by atoms with Crippen LogP contribution in [0.4, 0.5) is 0 Å². The van der Waals surface area contributed by atoms with Gasteiger partial charge >= 0.3 is 5.97 Å². The predicted molar refractivity (Wildman–Crippen MR) is 150 cm³/mol. The second-order valence-electron chi connectivity index (χ2n) is 8.95. The van der Waals surface area contributed by atoms with Crippen LogP contribution in [0.1, 0.15) is 38.8 Å². The van der Waals surface area contributed by atoms with E-state index in [0.717, 1.165) is 33.3 Å². The molecule has 0 aliphatic rings. The summed E-state index contributed by atoms with van der Waals surface area (Å²) in [5.74, 6) is 0.261. The molecule has 5 rings (SSSR count). The highest BCUT2D eigenvalue weighted by Crippen LogP contribution is 2.37. The van der Waals surface area contributed by atoms with Gasteiger partial charge in [-0.3, -0.25) is 0 Å². The molecule has 6 heteroatoms. The Hall–Kier alpha value is -4.06. The Labute approximate surface area is 226 Å². The molecule has 0 atom stereocenters. The number of rotatable bonds is 9. The average molecular weight is 526 g/mol. The summed E-state index contributed by atoms with van der Waals surface area (Å²) in [5, 5.41) is 12.3. The number of methoxy groups -OCH3 is 1. The van der Waals surface area contributed by atoms with Gasteiger partial charge < -0.3 is 19.1 Å². The van der Waals surface area contributed by atoms with Gasteiger partial charge in [0.05, 0.1) is 31.9 Å². The standard InChI is InChI=1S/C32H28ClNO4/c1-37-32(36)24-12-15-26(16-13-24)38-19-18-27-28-20-25(33)14-17-29(28)34(30(27)21-35)31(22-8-4-2-5-9-22)23-10-6-3-7-11-23/h2-17,20,31,35H,18-19,21H2,1H3. The Bertz CT molecular complexity index is 1490. The summed E-state index contributed by atoms with van der Waals surface area (Å²) < 4.78 is 13.0. The summed E-state index contributed by atoms with van der Waals surface area (Å²) in [6.07, 6.45) is 0.564. The normalized spacial score (nSPS) is 11.2. The predicted octanol–water partition coefficient (Wildman–Crippen LogP) is 6.83. The fourth-order valence-electron chi connectivity index (χ4n) is 4.99. The molecular weight excluding hydrogens is 498 g/mol. The zero-order valence-corrected chi connectivity index (χ0v) is 21.8. The van der Waals surface area contributed by atoms with Gasteiger partial charge in [-0.05, 0) is 59.2 Å². The second kappa shape index (κ2) is 11.5. The maximum atomic E-state index is 11.7. The molecule has 0 saturated heterocycles. The Balaban J connectivity index is 1.54. The van der Waals surface area contributed by atoms with Crippen LogP contribution in [0.25, 0.3) is 10.9 Å². The number of nitrogens with zero attached hydrogens (tertiary/aromatic N) is 1. The number of benzene rings is 4. The highest BCUT2D eigenvalue weighted by Gasteiger charge is 2.25. The number of hydrogen-bond donors (Lipinski definition) is 1. The zero-order chi connectivity index (χ0) is 26.5. The molecular formula is C32H28ClNO4. The summed E-state index contributed by atoms with van der Waals surface area (Å²) >= 11 is 6.45. The number of carbonyl (C=O) groups is 1. The molecule has 0 amide bonds. The fraction of sp³-hybridized carbons (Fsp3) is 0.156. The van der Waals surface area contributed by atoms with Crippen LogP contribution in [0.2, 0.25) is 5.02 Å². The number of aliphatic hydroxyl groups excluding tert-OH is 1. The van der Waals surface area contributed by atoms with Gasteiger partial charge in [0.25, 0.3) is 0 Å². The first kappa shape index (κ1) is 25.6. The first-order chi connectivity index (χ1) is 18.6. The maximum Gasteiger partial charge on any atom is 0.337 e. The zero-order valence-electron chi connectivity index (χ0n) is 21.0. The minimum atomic E-state index is -0.389. The van der Waals surface area contributed by atoms with Crippen LogP contribution in [0, 0.1) is 0 Å². The SMILES string of the molecule is COC(=O)c1ccc(OCCc2c(CO)n(C(c3ccccc3)c3ccccc3)c3ccc(Cl)cc23)cc1. The third kappa shape index (κ3) is 5.17. The topological polar surface area (TPSA) is 60.7 Å². The van der Waals surface area contributed by atoms with Crippen molar-refractivity contribution in [2.24, 2.45) is 0 Å². The molecule has 0 radical (unpaired) electrons. The molecule has 0 aliphatic carbocycles. The Kier molecular flexibility index (Phi) is 7.78. The largest absolute Gasteiger partial charge is 0.493 e. The first-order valence-corrected chi connectivity index (χ1v) is 12.8. The van der Waals surface area contributed by atoms with Gasteiger partial charge in [0.15, 0.2) is 0 Å². The van der Waals surface area contributed by atoms with Crippen LogP contribution in [0.15, 0.2) is 103 Å². The van der Waals surface area contributed by atoms with E-state index < -0.39 is 0 Å². The lowest BCUT2D eigenvalue weighted by molar-refractivity contribution is 0.0600. The molecule has 1 heterocycles. The lowest BCUT2D eigenvalue weighted by Gasteiger charge is -2.24. The summed E-state index contributed by atoms with van der Waals surface area (Å²) in [6.45, 7) is 0.253. The summed E-state index contributed by atoms with van der Waals surface area (Å²) in [5.41, 5.74) is 5.52.